The van der Waals surface area contributed by atoms with E-state index in [0.717, 1.165) is 0 Å². The molecule has 13 rings (SSSR count). The third-order valence-corrected chi connectivity index (χ3v) is 16.2. The maximum Gasteiger partial charge on any atom is 0.340 e. The molecule has 3 spiro atoms. The summed E-state index contributed by atoms with van der Waals surface area (Å²) in [7, 11) is 0. The molecular weight excluding hydrogens is 1060 g/mol. The first-order valence-corrected chi connectivity index (χ1v) is 22.9. The zero-order valence-electron chi connectivity index (χ0n) is 38.5. The summed E-state index contributed by atoms with van der Waals surface area (Å²) in [5, 5.41) is 179. The van der Waals surface area contributed by atoms with Crippen LogP contribution in [0.15, 0.2) is 30.3 Å². The third-order valence-electron chi connectivity index (χ3n) is 16.2. The fourth-order valence-electron chi connectivity index (χ4n) is 12.8. The van der Waals surface area contributed by atoms with Gasteiger partial charge in [0, 0.05) is 29.0 Å². The van der Waals surface area contributed by atoms with Gasteiger partial charge in [-0.25, -0.2) is 19.2 Å². The Hall–Kier alpha value is -8.53. The van der Waals surface area contributed by atoms with Crippen LogP contribution in [-0.4, -0.2) is 202 Å². The lowest BCUT2D eigenvalue weighted by Gasteiger charge is -2.76. The zero-order valence-corrected chi connectivity index (χ0v) is 38.5. The van der Waals surface area contributed by atoms with Crippen molar-refractivity contribution in [3.05, 3.63) is 58.1 Å². The second kappa shape index (κ2) is 14.9. The van der Waals surface area contributed by atoms with E-state index in [0.29, 0.717) is 30.3 Å². The highest BCUT2D eigenvalue weighted by atomic mass is 16.9. The Morgan fingerprint density at radius 3 is 1.79 bits per heavy atom. The van der Waals surface area contributed by atoms with E-state index in [-0.39, 0.29) is 0 Å². The van der Waals surface area contributed by atoms with E-state index in [4.69, 9.17) is 47.4 Å². The maximum atomic E-state index is 16.1. The van der Waals surface area contributed by atoms with Gasteiger partial charge in [-0.3, -0.25) is 4.79 Å². The van der Waals surface area contributed by atoms with Crippen LogP contribution in [0.1, 0.15) is 59.3 Å². The molecule has 7 heterocycles. The summed E-state index contributed by atoms with van der Waals surface area (Å²) < 4.78 is 59.1. The number of phenolic OH excluding ortho intramolecular Hbond substituents is 11. The Morgan fingerprint density at radius 1 is 0.615 bits per heavy atom. The minimum atomic E-state index is -3.69. The van der Waals surface area contributed by atoms with Gasteiger partial charge in [0.05, 0.1) is 28.9 Å². The molecule has 410 valence electrons. The van der Waals surface area contributed by atoms with Gasteiger partial charge in [-0.2, -0.15) is 0 Å². The van der Waals surface area contributed by atoms with E-state index in [1.165, 1.54) is 0 Å². The molecule has 78 heavy (non-hydrogen) atoms. The van der Waals surface area contributed by atoms with Gasteiger partial charge < -0.3 is 129 Å². The van der Waals surface area contributed by atoms with Crippen LogP contribution >= 0.6 is 0 Å². The van der Waals surface area contributed by atoms with Gasteiger partial charge in [-0.15, -0.1) is 0 Å². The lowest BCUT2D eigenvalue weighted by molar-refractivity contribution is -0.619. The quantitative estimate of drug-likeness (QED) is 0.0546. The van der Waals surface area contributed by atoms with Gasteiger partial charge in [0.25, 0.3) is 11.6 Å². The summed E-state index contributed by atoms with van der Waals surface area (Å²) >= 11 is 0. The molecule has 4 saturated heterocycles. The number of esters is 5. The van der Waals surface area contributed by atoms with E-state index in [9.17, 15) is 91.3 Å². The third kappa shape index (κ3) is 5.33. The molecule has 2 aliphatic carbocycles. The van der Waals surface area contributed by atoms with E-state index >= 15 is 14.4 Å². The van der Waals surface area contributed by atoms with Gasteiger partial charge in [0.1, 0.15) is 36.4 Å². The zero-order chi connectivity index (χ0) is 55.8. The van der Waals surface area contributed by atoms with E-state index in [1.807, 2.05) is 0 Å². The average molecular weight is 1100 g/mol. The van der Waals surface area contributed by atoms with Crippen LogP contribution in [0.5, 0.6) is 69.0 Å². The van der Waals surface area contributed by atoms with Crippen LogP contribution in [0.3, 0.4) is 0 Å². The second-order valence-electron chi connectivity index (χ2n) is 19.9. The number of ether oxygens (including phenoxy) is 10. The number of carbonyl (C=O) groups excluding carboxylic acids is 5. The minimum absolute atomic E-state index is 0.366. The van der Waals surface area contributed by atoms with Gasteiger partial charge in [-0.05, 0) is 30.3 Å². The summed E-state index contributed by atoms with van der Waals surface area (Å²) in [5.74, 6) is -36.9. The molecule has 15 atom stereocenters. The van der Waals surface area contributed by atoms with Crippen LogP contribution in [0.2, 0.25) is 0 Å². The molecule has 7 bridgehead atoms. The van der Waals surface area contributed by atoms with Crippen molar-refractivity contribution in [3.8, 4) is 80.1 Å². The number of aliphatic hydroxyl groups is 5. The number of hydrogen-bond donors (Lipinski definition) is 16. The lowest BCUT2D eigenvalue weighted by atomic mass is 9.48. The summed E-state index contributed by atoms with van der Waals surface area (Å²) in [6.07, 6.45) is -20.4. The van der Waals surface area contributed by atoms with E-state index < -0.39 is 246 Å². The van der Waals surface area contributed by atoms with Gasteiger partial charge in [-0.1, -0.05) is 0 Å². The highest BCUT2D eigenvalue weighted by Gasteiger charge is 3.09. The predicted molar refractivity (Wildman–Crippen MR) is 230 cm³/mol. The van der Waals surface area contributed by atoms with Crippen LogP contribution in [0, 0.1) is 5.41 Å². The van der Waals surface area contributed by atoms with Crippen molar-refractivity contribution < 1.29 is 153 Å². The molecule has 31 heteroatoms. The molecular formula is C47H36O31. The molecule has 31 nitrogen and oxygen atoms in total. The highest BCUT2D eigenvalue weighted by Crippen LogP contribution is 2.87. The Bertz CT molecular complexity index is 3480. The SMILES string of the molecule is O=C(OC1OC2COC(=O)c3cc(O)c(O)c(O)c3-c3c(cc(O)c(O)c3O)C(=O)OC3C2OC(=O)C24CC56OC2C2(OC[C@H](O)C2O)O[C@]5(O)C2(O)Oc5c(O)c(O)cc(c5[C@@H]4[C@@]26O)C(=O)OC13)c1cc(O)c(O)c(O)c1. The lowest BCUT2D eigenvalue weighted by Crippen LogP contribution is -3.02. The first-order valence-electron chi connectivity index (χ1n) is 22.9. The van der Waals surface area contributed by atoms with Gasteiger partial charge in [0.15, 0.2) is 75.2 Å². The normalized spacial score (nSPS) is 38.1. The Labute approximate surface area is 429 Å². The highest BCUT2D eigenvalue weighted by molar-refractivity contribution is 6.08. The Morgan fingerprint density at radius 2 is 1.18 bits per heavy atom. The first kappa shape index (κ1) is 49.1. The van der Waals surface area contributed by atoms with Crippen LogP contribution in [0.4, 0.5) is 0 Å². The molecule has 2 saturated carbocycles. The number of fused-ring (bicyclic) bond motifs is 6. The van der Waals surface area contributed by atoms with Crippen molar-refractivity contribution in [2.24, 2.45) is 5.41 Å². The van der Waals surface area contributed by atoms with Crippen LogP contribution < -0.4 is 4.74 Å². The summed E-state index contributed by atoms with van der Waals surface area (Å²) in [5.41, 5.74) is -16.2. The number of hydrogen-bond acceptors (Lipinski definition) is 31. The van der Waals surface area contributed by atoms with Crippen molar-refractivity contribution in [1.29, 1.82) is 0 Å². The molecule has 9 aliphatic rings. The fraction of sp³-hybridized carbons (Fsp3) is 0.383. The largest absolute Gasteiger partial charge is 0.504 e. The van der Waals surface area contributed by atoms with Crippen molar-refractivity contribution in [2.75, 3.05) is 13.2 Å². The number of benzene rings is 4. The van der Waals surface area contributed by atoms with Gasteiger partial charge >= 0.3 is 29.8 Å². The molecule has 6 fully saturated rings. The number of rotatable bonds is 2. The maximum absolute atomic E-state index is 16.1. The monoisotopic (exact) mass is 1100 g/mol. The number of aromatic hydroxyl groups is 11. The standard InChI is InChI=1S/C47H36O31/c48-13-1-9(2-14(49)23(13)54)35(61)75-39-32-31-29(19(71-39)7-69-36(62)10-3-15(50)24(55)27(58)20(10)21-11(37(63)72-31)4-16(51)25(56)28(21)59)74-41(65)42-8-43-45(66)33(42)22-12(38(64)73-32)5-17(52)26(57)30(22)76-47(45,68)46(43,67)78-44(40(42)77-43)34(60)18(53)6-70-44/h1-5,18-19,29,31-34,39-40,48-60,66-68H,6-8H2/t18-,19?,29?,31?,32?,33-,34?,39?,40?,42?,43?,44?,45-,46-,47?/m0/s1. The fourth-order valence-corrected chi connectivity index (χ4v) is 12.8. The molecule has 7 aliphatic heterocycles. The second-order valence-corrected chi connectivity index (χ2v) is 19.9. The first-order chi connectivity index (χ1) is 36.6. The predicted octanol–water partition coefficient (Wildman–Crippen LogP) is -2.85. The summed E-state index contributed by atoms with van der Waals surface area (Å²) in [4.78, 5) is 74.7. The van der Waals surface area contributed by atoms with Crippen LogP contribution in [0.25, 0.3) is 11.1 Å². The molecule has 0 aromatic heterocycles. The molecule has 4 aromatic carbocycles. The Balaban J connectivity index is 1.06. The molecule has 11 unspecified atom stereocenters. The number of cyclic esters (lactones) is 1. The summed E-state index contributed by atoms with van der Waals surface area (Å²) in [6.45, 7) is -2.20. The van der Waals surface area contributed by atoms with Crippen molar-refractivity contribution in [3.63, 3.8) is 0 Å². The smallest absolute Gasteiger partial charge is 0.340 e. The molecule has 0 radical (unpaired) electrons. The minimum Gasteiger partial charge on any atom is -0.504 e. The number of aliphatic hydroxyl groups excluding tert-OH is 2. The number of carbonyl (C=O) groups is 5. The van der Waals surface area contributed by atoms with Crippen molar-refractivity contribution in [1.82, 2.24) is 0 Å². The van der Waals surface area contributed by atoms with Crippen molar-refractivity contribution >= 4 is 29.8 Å². The molecule has 4 aromatic rings. The average Bonchev–Trinajstić information content (AvgIpc) is 1.36. The van der Waals surface area contributed by atoms with Crippen molar-refractivity contribution in [2.45, 2.75) is 89.9 Å². The Kier molecular flexibility index (Phi) is 9.39. The van der Waals surface area contributed by atoms with E-state index in [1.54, 1.807) is 0 Å². The van der Waals surface area contributed by atoms with Crippen LogP contribution in [-0.2, 0) is 47.4 Å². The summed E-state index contributed by atoms with van der Waals surface area (Å²) in [6, 6.07) is 2.42. The molecule has 0 amide bonds. The topological polar surface area (TPSA) is 501 Å². The number of phenols is 11. The van der Waals surface area contributed by atoms with E-state index in [2.05, 4.69) is 0 Å². The molecule has 16 N–H and O–H groups in total. The van der Waals surface area contributed by atoms with Gasteiger partial charge in [0.2, 0.25) is 35.4 Å².